The molecule has 1 amide bonds. The Bertz CT molecular complexity index is 450. The molecule has 0 unspecified atom stereocenters. The Hall–Kier alpha value is -1.42. The number of hydrogen-bond donors (Lipinski definition) is 1. The lowest BCUT2D eigenvalue weighted by Crippen LogP contribution is -2.53. The fourth-order valence-corrected chi connectivity index (χ4v) is 2.55. The number of nitrogens with one attached hydrogen (secondary N) is 1. The summed E-state index contributed by atoms with van der Waals surface area (Å²) in [6.45, 7) is 9.39. The number of likely N-dealkylation sites (tertiary alicyclic amines) is 1. The molecule has 19 heavy (non-hydrogen) atoms. The molecule has 1 saturated heterocycles. The lowest BCUT2D eigenvalue weighted by Gasteiger charge is -2.39. The summed E-state index contributed by atoms with van der Waals surface area (Å²) in [4.78, 5) is 18.9. The van der Waals surface area contributed by atoms with E-state index in [0.717, 1.165) is 38.2 Å². The zero-order valence-electron chi connectivity index (χ0n) is 12.1. The van der Waals surface area contributed by atoms with Gasteiger partial charge in [0, 0.05) is 30.5 Å². The van der Waals surface area contributed by atoms with Crippen LogP contribution in [-0.2, 0) is 0 Å². The summed E-state index contributed by atoms with van der Waals surface area (Å²) in [5, 5.41) is 3.19. The summed E-state index contributed by atoms with van der Waals surface area (Å²) in [7, 11) is 0. The highest BCUT2D eigenvalue weighted by atomic mass is 16.1. The van der Waals surface area contributed by atoms with Gasteiger partial charge < -0.3 is 10.2 Å². The van der Waals surface area contributed by atoms with Crippen molar-refractivity contribution in [2.24, 2.45) is 0 Å². The van der Waals surface area contributed by atoms with Crippen molar-refractivity contribution in [3.8, 4) is 0 Å². The lowest BCUT2D eigenvalue weighted by atomic mass is 9.89. The van der Waals surface area contributed by atoms with Gasteiger partial charge in [0.2, 0.25) is 0 Å². The van der Waals surface area contributed by atoms with Crippen LogP contribution in [0.15, 0.2) is 18.3 Å². The van der Waals surface area contributed by atoms with Gasteiger partial charge in [-0.05, 0) is 45.4 Å². The molecule has 0 aliphatic carbocycles. The van der Waals surface area contributed by atoms with Crippen LogP contribution in [0.5, 0.6) is 0 Å². The van der Waals surface area contributed by atoms with E-state index in [9.17, 15) is 4.79 Å². The van der Waals surface area contributed by atoms with E-state index in [1.165, 1.54) is 0 Å². The molecule has 2 rings (SSSR count). The zero-order valence-corrected chi connectivity index (χ0v) is 12.1. The fourth-order valence-electron chi connectivity index (χ4n) is 2.55. The molecule has 1 N–H and O–H groups in total. The van der Waals surface area contributed by atoms with Crippen LogP contribution in [-0.4, -0.2) is 41.0 Å². The highest BCUT2D eigenvalue weighted by molar-refractivity contribution is 5.95. The van der Waals surface area contributed by atoms with Crippen LogP contribution in [0, 0.1) is 6.92 Å². The van der Waals surface area contributed by atoms with E-state index < -0.39 is 0 Å². The van der Waals surface area contributed by atoms with Crippen LogP contribution in [0.1, 0.15) is 42.7 Å². The molecule has 0 saturated carbocycles. The summed E-state index contributed by atoms with van der Waals surface area (Å²) in [6, 6.07) is 3.64. The molecule has 2 heterocycles. The average molecular weight is 261 g/mol. The largest absolute Gasteiger partial charge is 0.347 e. The Morgan fingerprint density at radius 2 is 2.16 bits per heavy atom. The minimum Gasteiger partial charge on any atom is -0.347 e. The molecule has 0 atom stereocenters. The van der Waals surface area contributed by atoms with Crippen LogP contribution < -0.4 is 5.32 Å². The fraction of sp³-hybridized carbons (Fsp3) is 0.600. The first kappa shape index (κ1) is 14.0. The predicted molar refractivity (Wildman–Crippen MR) is 76.2 cm³/mol. The van der Waals surface area contributed by atoms with Gasteiger partial charge in [-0.25, -0.2) is 0 Å². The van der Waals surface area contributed by atoms with Crippen LogP contribution in [0.2, 0.25) is 0 Å². The number of carbonyl (C=O) groups excluding carboxylic acids is 1. The van der Waals surface area contributed by atoms with Crippen LogP contribution in [0.3, 0.4) is 0 Å². The Balaban J connectivity index is 2.01. The van der Waals surface area contributed by atoms with Gasteiger partial charge in [0.1, 0.15) is 0 Å². The summed E-state index contributed by atoms with van der Waals surface area (Å²) in [6.07, 6.45) is 3.73. The molecule has 1 aliphatic heterocycles. The van der Waals surface area contributed by atoms with Gasteiger partial charge in [-0.15, -0.1) is 0 Å². The number of hydrogen-bond acceptors (Lipinski definition) is 3. The summed E-state index contributed by atoms with van der Waals surface area (Å²) in [5.74, 6) is -0.00181. The van der Waals surface area contributed by atoms with Crippen LogP contribution >= 0.6 is 0 Å². The highest BCUT2D eigenvalue weighted by Gasteiger charge is 2.31. The SMILES string of the molecule is CCN1CCC(C)(NC(=O)c2cccnc2C)CC1. The maximum absolute atomic E-state index is 12.3. The maximum Gasteiger partial charge on any atom is 0.253 e. The van der Waals surface area contributed by atoms with E-state index in [2.05, 4.69) is 29.0 Å². The molecule has 1 aromatic heterocycles. The van der Waals surface area contributed by atoms with Crippen molar-refractivity contribution >= 4 is 5.91 Å². The molecule has 0 bridgehead atoms. The van der Waals surface area contributed by atoms with Gasteiger partial charge >= 0.3 is 0 Å². The Kier molecular flexibility index (Phi) is 4.20. The monoisotopic (exact) mass is 261 g/mol. The average Bonchev–Trinajstić information content (AvgIpc) is 2.39. The van der Waals surface area contributed by atoms with E-state index in [0.29, 0.717) is 5.56 Å². The first-order valence-corrected chi connectivity index (χ1v) is 7.00. The molecular formula is C15H23N3O. The maximum atomic E-state index is 12.3. The van der Waals surface area contributed by atoms with Gasteiger partial charge in [-0.3, -0.25) is 9.78 Å². The van der Waals surface area contributed by atoms with Gasteiger partial charge in [-0.1, -0.05) is 6.92 Å². The van der Waals surface area contributed by atoms with Crippen LogP contribution in [0.25, 0.3) is 0 Å². The third-order valence-electron chi connectivity index (χ3n) is 4.07. The van der Waals surface area contributed by atoms with E-state index in [1.807, 2.05) is 19.1 Å². The van der Waals surface area contributed by atoms with Crippen molar-refractivity contribution in [2.75, 3.05) is 19.6 Å². The third kappa shape index (κ3) is 3.32. The molecule has 4 nitrogen and oxygen atoms in total. The van der Waals surface area contributed by atoms with Crippen molar-refractivity contribution < 1.29 is 4.79 Å². The van der Waals surface area contributed by atoms with E-state index in [4.69, 9.17) is 0 Å². The van der Waals surface area contributed by atoms with Crippen molar-refractivity contribution in [3.05, 3.63) is 29.6 Å². The molecule has 1 aromatic rings. The number of aromatic nitrogens is 1. The van der Waals surface area contributed by atoms with Gasteiger partial charge in [0.05, 0.1) is 5.56 Å². The number of nitrogens with zero attached hydrogens (tertiary/aromatic N) is 2. The van der Waals surface area contributed by atoms with Gasteiger partial charge in [-0.2, -0.15) is 0 Å². The second-order valence-electron chi connectivity index (χ2n) is 5.59. The second kappa shape index (κ2) is 5.70. The molecule has 1 aliphatic rings. The molecule has 0 spiro atoms. The zero-order chi connectivity index (χ0) is 13.9. The smallest absolute Gasteiger partial charge is 0.253 e. The Morgan fingerprint density at radius 1 is 1.47 bits per heavy atom. The lowest BCUT2D eigenvalue weighted by molar-refractivity contribution is 0.0838. The normalized spacial score (nSPS) is 19.1. The first-order valence-electron chi connectivity index (χ1n) is 7.00. The molecular weight excluding hydrogens is 238 g/mol. The first-order chi connectivity index (χ1) is 9.04. The quantitative estimate of drug-likeness (QED) is 0.905. The molecule has 4 heteroatoms. The number of amides is 1. The van der Waals surface area contributed by atoms with Crippen molar-refractivity contribution in [1.82, 2.24) is 15.2 Å². The molecule has 1 fully saturated rings. The predicted octanol–water partition coefficient (Wildman–Crippen LogP) is 1.99. The minimum absolute atomic E-state index is 0.00181. The molecule has 104 valence electrons. The van der Waals surface area contributed by atoms with E-state index >= 15 is 0 Å². The summed E-state index contributed by atoms with van der Waals surface area (Å²) < 4.78 is 0. The number of aryl methyl sites for hydroxylation is 1. The topological polar surface area (TPSA) is 45.2 Å². The number of carbonyl (C=O) groups is 1. The number of pyridine rings is 1. The van der Waals surface area contributed by atoms with Gasteiger partial charge in [0.25, 0.3) is 5.91 Å². The Morgan fingerprint density at radius 3 is 2.74 bits per heavy atom. The number of rotatable bonds is 3. The number of piperidine rings is 1. The standard InChI is InChI=1S/C15H23N3O/c1-4-18-10-7-15(3,8-11-18)17-14(19)13-6-5-9-16-12(13)2/h5-6,9H,4,7-8,10-11H2,1-3H3,(H,17,19). The summed E-state index contributed by atoms with van der Waals surface area (Å²) in [5.41, 5.74) is 1.38. The van der Waals surface area contributed by atoms with Crippen molar-refractivity contribution in [1.29, 1.82) is 0 Å². The van der Waals surface area contributed by atoms with Crippen LogP contribution in [0.4, 0.5) is 0 Å². The molecule has 0 aromatic carbocycles. The van der Waals surface area contributed by atoms with Gasteiger partial charge in [0.15, 0.2) is 0 Å². The third-order valence-corrected chi connectivity index (χ3v) is 4.07. The second-order valence-corrected chi connectivity index (χ2v) is 5.59. The Labute approximate surface area is 115 Å². The van der Waals surface area contributed by atoms with Crippen molar-refractivity contribution in [3.63, 3.8) is 0 Å². The summed E-state index contributed by atoms with van der Waals surface area (Å²) >= 11 is 0. The van der Waals surface area contributed by atoms with E-state index in [-0.39, 0.29) is 11.4 Å². The highest BCUT2D eigenvalue weighted by Crippen LogP contribution is 2.22. The minimum atomic E-state index is -0.0922. The molecule has 0 radical (unpaired) electrons. The van der Waals surface area contributed by atoms with Crippen molar-refractivity contribution in [2.45, 2.75) is 39.2 Å². The van der Waals surface area contributed by atoms with E-state index in [1.54, 1.807) is 6.20 Å².